The number of nitrogens with two attached hydrogens (primary N) is 1. The Labute approximate surface area is 141 Å². The number of carbonyl (C=O) groups is 1. The first kappa shape index (κ1) is 16.0. The number of nitrogens with zero attached hydrogens (tertiary/aromatic N) is 1. The van der Waals surface area contributed by atoms with Gasteiger partial charge in [-0.05, 0) is 38.5 Å². The number of rotatable bonds is 4. The number of para-hydroxylation sites is 1. The van der Waals surface area contributed by atoms with E-state index in [0.717, 1.165) is 33.5 Å². The van der Waals surface area contributed by atoms with Crippen LogP contribution in [0.2, 0.25) is 0 Å². The molecule has 2 aromatic carbocycles. The van der Waals surface area contributed by atoms with Crippen molar-refractivity contribution in [1.29, 1.82) is 0 Å². The smallest absolute Gasteiger partial charge is 0.249 e. The lowest BCUT2D eigenvalue weighted by molar-refractivity contribution is 0.100. The lowest BCUT2D eigenvalue weighted by Crippen LogP contribution is -2.12. The normalized spacial score (nSPS) is 11.0. The fourth-order valence-corrected chi connectivity index (χ4v) is 2.84. The highest BCUT2D eigenvalue weighted by molar-refractivity contribution is 6.05. The number of ether oxygens (including phenoxy) is 1. The summed E-state index contributed by atoms with van der Waals surface area (Å²) in [6.45, 7) is 5.92. The lowest BCUT2D eigenvalue weighted by atomic mass is 9.96. The summed E-state index contributed by atoms with van der Waals surface area (Å²) in [5.41, 5.74) is 9.35. The highest BCUT2D eigenvalue weighted by atomic mass is 16.5. The van der Waals surface area contributed by atoms with Gasteiger partial charge in [-0.2, -0.15) is 0 Å². The highest BCUT2D eigenvalue weighted by Gasteiger charge is 2.15. The van der Waals surface area contributed by atoms with E-state index in [4.69, 9.17) is 10.5 Å². The van der Waals surface area contributed by atoms with Crippen molar-refractivity contribution in [3.8, 4) is 16.9 Å². The van der Waals surface area contributed by atoms with E-state index in [-0.39, 0.29) is 6.10 Å². The second-order valence-electron chi connectivity index (χ2n) is 6.04. The molecule has 2 N–H and O–H groups in total. The number of aryl methyl sites for hydroxylation is 1. The molecule has 24 heavy (non-hydrogen) atoms. The Morgan fingerprint density at radius 2 is 1.79 bits per heavy atom. The highest BCUT2D eigenvalue weighted by Crippen LogP contribution is 2.34. The monoisotopic (exact) mass is 320 g/mol. The number of carbonyl (C=O) groups excluding carboxylic acids is 1. The number of hydrogen-bond donors (Lipinski definition) is 1. The minimum atomic E-state index is -0.450. The van der Waals surface area contributed by atoms with Gasteiger partial charge in [0.15, 0.2) is 0 Å². The Morgan fingerprint density at radius 1 is 1.08 bits per heavy atom. The van der Waals surface area contributed by atoms with Crippen molar-refractivity contribution in [2.45, 2.75) is 26.9 Å². The van der Waals surface area contributed by atoms with E-state index >= 15 is 0 Å². The summed E-state index contributed by atoms with van der Waals surface area (Å²) in [4.78, 5) is 16.5. The lowest BCUT2D eigenvalue weighted by Gasteiger charge is -2.15. The molecule has 122 valence electrons. The van der Waals surface area contributed by atoms with Gasteiger partial charge in [0.25, 0.3) is 0 Å². The summed E-state index contributed by atoms with van der Waals surface area (Å²) >= 11 is 0. The Bertz CT molecular complexity index is 917. The predicted octanol–water partition coefficient (Wildman–Crippen LogP) is 4.10. The van der Waals surface area contributed by atoms with E-state index in [9.17, 15) is 4.79 Å². The van der Waals surface area contributed by atoms with Gasteiger partial charge in [-0.1, -0.05) is 30.3 Å². The van der Waals surface area contributed by atoms with Gasteiger partial charge in [0.05, 0.1) is 11.6 Å². The Kier molecular flexibility index (Phi) is 4.21. The molecule has 0 spiro atoms. The van der Waals surface area contributed by atoms with Crippen LogP contribution in [-0.4, -0.2) is 17.0 Å². The number of primary amides is 1. The maximum absolute atomic E-state index is 11.8. The molecule has 4 nitrogen and oxygen atoms in total. The largest absolute Gasteiger partial charge is 0.490 e. The van der Waals surface area contributed by atoms with E-state index in [1.165, 1.54) is 0 Å². The number of fused-ring (bicyclic) bond motifs is 1. The second-order valence-corrected chi connectivity index (χ2v) is 6.04. The van der Waals surface area contributed by atoms with Gasteiger partial charge in [0, 0.05) is 28.3 Å². The van der Waals surface area contributed by atoms with Crippen molar-refractivity contribution >= 4 is 16.8 Å². The molecule has 0 aliphatic heterocycles. The first-order valence-corrected chi connectivity index (χ1v) is 7.93. The zero-order valence-corrected chi connectivity index (χ0v) is 14.0. The van der Waals surface area contributed by atoms with Crippen LogP contribution in [-0.2, 0) is 0 Å². The molecule has 0 saturated heterocycles. The fraction of sp³-hybridized carbons (Fsp3) is 0.200. The second kappa shape index (κ2) is 6.32. The maximum Gasteiger partial charge on any atom is 0.249 e. The van der Waals surface area contributed by atoms with Crippen molar-refractivity contribution in [3.05, 3.63) is 59.8 Å². The Balaban J connectivity index is 2.31. The summed E-state index contributed by atoms with van der Waals surface area (Å²) < 4.78 is 5.95. The molecule has 1 amide bonds. The SMILES string of the molecule is Cc1cc(OC(C)C)c2cccc(-c3ccccc3C(N)=O)c2n1. The Morgan fingerprint density at radius 3 is 2.50 bits per heavy atom. The third kappa shape index (κ3) is 2.95. The molecule has 3 aromatic rings. The van der Waals surface area contributed by atoms with Crippen LogP contribution in [0.25, 0.3) is 22.0 Å². The van der Waals surface area contributed by atoms with Crippen LogP contribution in [0.3, 0.4) is 0 Å². The molecule has 1 aromatic heterocycles. The molecule has 1 heterocycles. The van der Waals surface area contributed by atoms with Crippen LogP contribution in [0.15, 0.2) is 48.5 Å². The molecule has 0 radical (unpaired) electrons. The zero-order chi connectivity index (χ0) is 17.3. The molecule has 0 aliphatic carbocycles. The first-order chi connectivity index (χ1) is 11.5. The van der Waals surface area contributed by atoms with Crippen LogP contribution in [0.5, 0.6) is 5.75 Å². The van der Waals surface area contributed by atoms with Crippen molar-refractivity contribution in [2.24, 2.45) is 5.73 Å². The predicted molar refractivity (Wildman–Crippen MR) is 96.2 cm³/mol. The standard InChI is InChI=1S/C20H20N2O2/c1-12(2)24-18-11-13(3)22-19-15(9-6-10-17(18)19)14-7-4-5-8-16(14)20(21)23/h4-12H,1-3H3,(H2,21,23). The average molecular weight is 320 g/mol. The minimum Gasteiger partial charge on any atom is -0.490 e. The topological polar surface area (TPSA) is 65.2 Å². The van der Waals surface area contributed by atoms with Crippen LogP contribution in [0.1, 0.15) is 29.9 Å². The van der Waals surface area contributed by atoms with Gasteiger partial charge in [0.2, 0.25) is 5.91 Å². The molecule has 0 aliphatic rings. The molecule has 0 saturated carbocycles. The maximum atomic E-state index is 11.8. The molecule has 0 bridgehead atoms. The van der Waals surface area contributed by atoms with Crippen molar-refractivity contribution in [2.75, 3.05) is 0 Å². The third-order valence-corrected chi connectivity index (χ3v) is 3.77. The van der Waals surface area contributed by atoms with Gasteiger partial charge < -0.3 is 10.5 Å². The average Bonchev–Trinajstić information content (AvgIpc) is 2.53. The van der Waals surface area contributed by atoms with E-state index in [2.05, 4.69) is 4.98 Å². The van der Waals surface area contributed by atoms with Crippen LogP contribution < -0.4 is 10.5 Å². The number of amides is 1. The molecule has 0 fully saturated rings. The molecular formula is C20H20N2O2. The van der Waals surface area contributed by atoms with Crippen molar-refractivity contribution < 1.29 is 9.53 Å². The van der Waals surface area contributed by atoms with Crippen molar-refractivity contribution in [3.63, 3.8) is 0 Å². The van der Waals surface area contributed by atoms with E-state index in [0.29, 0.717) is 5.56 Å². The summed E-state index contributed by atoms with van der Waals surface area (Å²) in [6, 6.07) is 15.1. The molecular weight excluding hydrogens is 300 g/mol. The quantitative estimate of drug-likeness (QED) is 0.787. The van der Waals surface area contributed by atoms with Gasteiger partial charge in [-0.25, -0.2) is 0 Å². The van der Waals surface area contributed by atoms with E-state index in [1.54, 1.807) is 12.1 Å². The Hall–Kier alpha value is -2.88. The molecule has 0 atom stereocenters. The van der Waals surface area contributed by atoms with Gasteiger partial charge >= 0.3 is 0 Å². The van der Waals surface area contributed by atoms with Crippen LogP contribution in [0.4, 0.5) is 0 Å². The third-order valence-electron chi connectivity index (χ3n) is 3.77. The number of aromatic nitrogens is 1. The van der Waals surface area contributed by atoms with Gasteiger partial charge in [-0.3, -0.25) is 9.78 Å². The molecule has 3 rings (SSSR count). The minimum absolute atomic E-state index is 0.0663. The van der Waals surface area contributed by atoms with Gasteiger partial charge in [-0.15, -0.1) is 0 Å². The van der Waals surface area contributed by atoms with Crippen LogP contribution >= 0.6 is 0 Å². The number of hydrogen-bond acceptors (Lipinski definition) is 3. The first-order valence-electron chi connectivity index (χ1n) is 7.93. The summed E-state index contributed by atoms with van der Waals surface area (Å²) in [5.74, 6) is 0.347. The number of benzene rings is 2. The van der Waals surface area contributed by atoms with Crippen molar-refractivity contribution in [1.82, 2.24) is 4.98 Å². The molecule has 0 unspecified atom stereocenters. The summed E-state index contributed by atoms with van der Waals surface area (Å²) in [5, 5.41) is 0.922. The number of pyridine rings is 1. The molecule has 4 heteroatoms. The van der Waals surface area contributed by atoms with Gasteiger partial charge in [0.1, 0.15) is 5.75 Å². The zero-order valence-electron chi connectivity index (χ0n) is 14.0. The summed E-state index contributed by atoms with van der Waals surface area (Å²) in [7, 11) is 0. The fourth-order valence-electron chi connectivity index (χ4n) is 2.84. The van der Waals surface area contributed by atoms with E-state index < -0.39 is 5.91 Å². The van der Waals surface area contributed by atoms with E-state index in [1.807, 2.05) is 57.2 Å². The summed E-state index contributed by atoms with van der Waals surface area (Å²) in [6.07, 6.45) is 0.0663. The van der Waals surface area contributed by atoms with Crippen LogP contribution in [0, 0.1) is 6.92 Å².